The Morgan fingerprint density at radius 2 is 1.89 bits per heavy atom. The highest BCUT2D eigenvalue weighted by molar-refractivity contribution is 9.10. The Hall–Kier alpha value is -2.39. The molecule has 1 aliphatic rings. The van der Waals surface area contributed by atoms with Crippen molar-refractivity contribution in [3.05, 3.63) is 34.4 Å². The predicted octanol–water partition coefficient (Wildman–Crippen LogP) is 1.78. The smallest absolute Gasteiger partial charge is 0.325 e. The molecule has 1 fully saturated rings. The zero-order chi connectivity index (χ0) is 19.6. The Labute approximate surface area is 164 Å². The molecule has 144 valence electrons. The fourth-order valence-electron chi connectivity index (χ4n) is 3.50. The van der Waals surface area contributed by atoms with Crippen molar-refractivity contribution in [3.8, 4) is 0 Å². The third-order valence-electron chi connectivity index (χ3n) is 4.83. The summed E-state index contributed by atoms with van der Waals surface area (Å²) >= 11 is 3.43. The highest BCUT2D eigenvalue weighted by Gasteiger charge is 2.32. The van der Waals surface area contributed by atoms with Crippen LogP contribution in [0, 0.1) is 0 Å². The average molecular weight is 438 g/mol. The number of carbonyl (C=O) groups excluding carboxylic acids is 1. The lowest BCUT2D eigenvalue weighted by atomic mass is 10.0. The van der Waals surface area contributed by atoms with E-state index in [9.17, 15) is 19.5 Å². The van der Waals surface area contributed by atoms with E-state index in [-0.39, 0.29) is 13.0 Å². The number of rotatable bonds is 7. The molecule has 27 heavy (non-hydrogen) atoms. The third kappa shape index (κ3) is 4.14. The van der Waals surface area contributed by atoms with E-state index < -0.39 is 18.0 Å². The molecule has 9 heteroatoms. The number of carbonyl (C=O) groups is 3. The van der Waals surface area contributed by atoms with Crippen molar-refractivity contribution < 1.29 is 24.6 Å². The molecule has 1 aromatic carbocycles. The molecule has 2 heterocycles. The molecule has 0 spiro atoms. The van der Waals surface area contributed by atoms with Gasteiger partial charge in [-0.3, -0.25) is 19.3 Å². The summed E-state index contributed by atoms with van der Waals surface area (Å²) < 4.78 is 2.62. The number of benzene rings is 1. The fraction of sp³-hybridized carbons (Fsp3) is 0.389. The molecule has 1 aromatic heterocycles. The van der Waals surface area contributed by atoms with E-state index in [1.165, 1.54) is 0 Å². The van der Waals surface area contributed by atoms with Crippen LogP contribution in [-0.4, -0.2) is 69.1 Å². The zero-order valence-electron chi connectivity index (χ0n) is 14.5. The summed E-state index contributed by atoms with van der Waals surface area (Å²) in [4.78, 5) is 37.5. The predicted molar refractivity (Wildman–Crippen MR) is 101 cm³/mol. The van der Waals surface area contributed by atoms with Gasteiger partial charge in [0.2, 0.25) is 6.41 Å². The fourth-order valence-corrected chi connectivity index (χ4v) is 3.86. The Balaban J connectivity index is 2.01. The van der Waals surface area contributed by atoms with E-state index in [0.717, 1.165) is 21.8 Å². The van der Waals surface area contributed by atoms with Gasteiger partial charge in [0.1, 0.15) is 6.04 Å². The minimum atomic E-state index is -0.966. The number of carboxylic acid groups (broad SMARTS) is 2. The van der Waals surface area contributed by atoms with Gasteiger partial charge in [-0.15, -0.1) is 0 Å². The molecule has 1 aliphatic heterocycles. The molecule has 0 radical (unpaired) electrons. The zero-order valence-corrected chi connectivity index (χ0v) is 16.1. The lowest BCUT2D eigenvalue weighted by Gasteiger charge is -2.36. The van der Waals surface area contributed by atoms with E-state index in [0.29, 0.717) is 31.7 Å². The monoisotopic (exact) mass is 437 g/mol. The molecule has 0 bridgehead atoms. The second-order valence-corrected chi connectivity index (χ2v) is 7.42. The maximum Gasteiger partial charge on any atom is 0.325 e. The first kappa shape index (κ1) is 19.4. The van der Waals surface area contributed by atoms with E-state index in [4.69, 9.17) is 5.11 Å². The molecule has 2 aromatic rings. The number of hydrogen-bond donors (Lipinski definition) is 2. The van der Waals surface area contributed by atoms with Crippen LogP contribution in [0.15, 0.2) is 28.9 Å². The van der Waals surface area contributed by atoms with Crippen LogP contribution >= 0.6 is 15.9 Å². The summed E-state index contributed by atoms with van der Waals surface area (Å²) in [7, 11) is 0. The Morgan fingerprint density at radius 1 is 1.19 bits per heavy atom. The molecular weight excluding hydrogens is 418 g/mol. The van der Waals surface area contributed by atoms with Crippen LogP contribution in [0.25, 0.3) is 10.9 Å². The first-order chi connectivity index (χ1) is 12.9. The van der Waals surface area contributed by atoms with Crippen LogP contribution in [0.3, 0.4) is 0 Å². The van der Waals surface area contributed by atoms with Gasteiger partial charge in [-0.1, -0.05) is 15.9 Å². The standard InChI is InChI=1S/C18H20BrN3O5/c19-12-1-2-15-13(9-12)14(10-22(15)4-3-16(24)25)17(18(26)27)21-7-5-20(11-23)6-8-21/h1-2,9-11,17H,3-8H2,(H,24,25)(H,26,27). The van der Waals surface area contributed by atoms with Crippen LogP contribution < -0.4 is 0 Å². The SMILES string of the molecule is O=CN1CCN(C(C(=O)O)c2cn(CCC(=O)O)c3ccc(Br)cc23)CC1. The molecule has 3 rings (SSSR count). The number of aryl methyl sites for hydroxylation is 1. The lowest BCUT2D eigenvalue weighted by molar-refractivity contribution is -0.144. The number of aliphatic carboxylic acids is 2. The Kier molecular flexibility index (Phi) is 5.81. The molecule has 2 N–H and O–H groups in total. The summed E-state index contributed by atoms with van der Waals surface area (Å²) in [6.07, 6.45) is 2.47. The molecular formula is C18H20BrN3O5. The van der Waals surface area contributed by atoms with Crippen molar-refractivity contribution in [3.63, 3.8) is 0 Å². The van der Waals surface area contributed by atoms with Crippen molar-refractivity contribution in [2.24, 2.45) is 0 Å². The van der Waals surface area contributed by atoms with Crippen LogP contribution in [-0.2, 0) is 20.9 Å². The van der Waals surface area contributed by atoms with Crippen LogP contribution in [0.2, 0.25) is 0 Å². The van der Waals surface area contributed by atoms with Gasteiger partial charge in [0.15, 0.2) is 0 Å². The highest BCUT2D eigenvalue weighted by Crippen LogP contribution is 2.33. The van der Waals surface area contributed by atoms with Crippen molar-refractivity contribution in [1.82, 2.24) is 14.4 Å². The average Bonchev–Trinajstić information content (AvgIpc) is 2.98. The second-order valence-electron chi connectivity index (χ2n) is 6.50. The molecule has 0 saturated carbocycles. The van der Waals surface area contributed by atoms with Gasteiger partial charge in [0, 0.05) is 59.9 Å². The van der Waals surface area contributed by atoms with Gasteiger partial charge in [-0.05, 0) is 18.2 Å². The number of hydrogen-bond acceptors (Lipinski definition) is 4. The molecule has 1 saturated heterocycles. The van der Waals surface area contributed by atoms with Crippen molar-refractivity contribution in [1.29, 1.82) is 0 Å². The number of piperazine rings is 1. The molecule has 0 aliphatic carbocycles. The van der Waals surface area contributed by atoms with Crippen molar-refractivity contribution in [2.75, 3.05) is 26.2 Å². The topological polar surface area (TPSA) is 103 Å². The summed E-state index contributed by atoms with van der Waals surface area (Å²) in [5.41, 5.74) is 1.43. The lowest BCUT2D eigenvalue weighted by Crippen LogP contribution is -2.48. The van der Waals surface area contributed by atoms with E-state index in [1.54, 1.807) is 15.7 Å². The number of fused-ring (bicyclic) bond motifs is 1. The van der Waals surface area contributed by atoms with E-state index >= 15 is 0 Å². The van der Waals surface area contributed by atoms with E-state index in [1.807, 2.05) is 23.1 Å². The minimum Gasteiger partial charge on any atom is -0.481 e. The third-order valence-corrected chi connectivity index (χ3v) is 5.33. The second kappa shape index (κ2) is 8.10. The first-order valence-electron chi connectivity index (χ1n) is 8.57. The van der Waals surface area contributed by atoms with Crippen LogP contribution in [0.4, 0.5) is 0 Å². The molecule has 8 nitrogen and oxygen atoms in total. The number of halogens is 1. The number of aromatic nitrogens is 1. The normalized spacial score (nSPS) is 16.4. The Morgan fingerprint density at radius 3 is 2.48 bits per heavy atom. The first-order valence-corrected chi connectivity index (χ1v) is 9.36. The van der Waals surface area contributed by atoms with Gasteiger partial charge in [0.25, 0.3) is 0 Å². The van der Waals surface area contributed by atoms with Gasteiger partial charge >= 0.3 is 11.9 Å². The Bertz CT molecular complexity index is 873. The summed E-state index contributed by atoms with van der Waals surface area (Å²) in [6.45, 7) is 2.15. The van der Waals surface area contributed by atoms with Crippen LogP contribution in [0.1, 0.15) is 18.0 Å². The van der Waals surface area contributed by atoms with Gasteiger partial charge in [0.05, 0.1) is 6.42 Å². The van der Waals surface area contributed by atoms with Gasteiger partial charge in [-0.25, -0.2) is 0 Å². The summed E-state index contributed by atoms with van der Waals surface area (Å²) in [5.74, 6) is -1.87. The number of amides is 1. The highest BCUT2D eigenvalue weighted by atomic mass is 79.9. The molecule has 1 atom stereocenters. The number of carboxylic acids is 2. The largest absolute Gasteiger partial charge is 0.481 e. The summed E-state index contributed by atoms with van der Waals surface area (Å²) in [6, 6.07) is 4.71. The van der Waals surface area contributed by atoms with Crippen LogP contribution in [0.5, 0.6) is 0 Å². The van der Waals surface area contributed by atoms with Crippen molar-refractivity contribution in [2.45, 2.75) is 19.0 Å². The van der Waals surface area contributed by atoms with Gasteiger partial charge < -0.3 is 19.7 Å². The van der Waals surface area contributed by atoms with Crippen molar-refractivity contribution >= 4 is 45.2 Å². The number of nitrogens with zero attached hydrogens (tertiary/aromatic N) is 3. The minimum absolute atomic E-state index is 0.0466. The quantitative estimate of drug-likeness (QED) is 0.639. The molecule has 1 amide bonds. The van der Waals surface area contributed by atoms with Gasteiger partial charge in [-0.2, -0.15) is 0 Å². The maximum atomic E-state index is 12.1. The maximum absolute atomic E-state index is 12.1. The summed E-state index contributed by atoms with van der Waals surface area (Å²) in [5, 5.41) is 19.7. The molecule has 1 unspecified atom stereocenters. The van der Waals surface area contributed by atoms with E-state index in [2.05, 4.69) is 15.9 Å².